The van der Waals surface area contributed by atoms with Gasteiger partial charge < -0.3 is 11.1 Å². The summed E-state index contributed by atoms with van der Waals surface area (Å²) in [5.41, 5.74) is 5.86. The molecule has 1 aliphatic carbocycles. The largest absolute Gasteiger partial charge is 0.348 e. The predicted octanol–water partition coefficient (Wildman–Crippen LogP) is 3.22. The minimum atomic E-state index is -0.0208. The van der Waals surface area contributed by atoms with Gasteiger partial charge in [-0.3, -0.25) is 4.79 Å². The third-order valence-corrected chi connectivity index (χ3v) is 4.96. The number of hydrogen-bond acceptors (Lipinski definition) is 3. The highest BCUT2D eigenvalue weighted by atomic mass is 32.1. The monoisotopic (exact) mass is 280 g/mol. The molecule has 0 aromatic carbocycles. The first-order valence-electron chi connectivity index (χ1n) is 7.29. The van der Waals surface area contributed by atoms with E-state index in [0.29, 0.717) is 12.3 Å². The van der Waals surface area contributed by atoms with E-state index in [-0.39, 0.29) is 18.0 Å². The van der Waals surface area contributed by atoms with Crippen molar-refractivity contribution < 1.29 is 4.79 Å². The zero-order chi connectivity index (χ0) is 13.7. The van der Waals surface area contributed by atoms with Crippen LogP contribution in [-0.2, 0) is 4.79 Å². The van der Waals surface area contributed by atoms with Crippen LogP contribution in [-0.4, -0.2) is 11.9 Å². The van der Waals surface area contributed by atoms with Crippen LogP contribution in [0.4, 0.5) is 0 Å². The maximum Gasteiger partial charge on any atom is 0.222 e. The average Bonchev–Trinajstić information content (AvgIpc) is 3.08. The SMILES string of the molecule is CCC(N)CC(=O)NC(c1cccs1)C1CCCC1. The van der Waals surface area contributed by atoms with Gasteiger partial charge in [-0.15, -0.1) is 11.3 Å². The lowest BCUT2D eigenvalue weighted by atomic mass is 9.96. The van der Waals surface area contributed by atoms with Crippen LogP contribution in [0, 0.1) is 5.92 Å². The molecule has 1 aromatic heterocycles. The zero-order valence-electron chi connectivity index (χ0n) is 11.6. The van der Waals surface area contributed by atoms with Crippen molar-refractivity contribution in [1.29, 1.82) is 0 Å². The summed E-state index contributed by atoms with van der Waals surface area (Å²) in [4.78, 5) is 13.4. The summed E-state index contributed by atoms with van der Waals surface area (Å²) in [7, 11) is 0. The zero-order valence-corrected chi connectivity index (χ0v) is 12.4. The molecule has 3 nitrogen and oxygen atoms in total. The van der Waals surface area contributed by atoms with Gasteiger partial charge in [-0.05, 0) is 36.6 Å². The molecule has 2 unspecified atom stereocenters. The summed E-state index contributed by atoms with van der Waals surface area (Å²) < 4.78 is 0. The summed E-state index contributed by atoms with van der Waals surface area (Å²) in [6, 6.07) is 4.37. The molecule has 3 N–H and O–H groups in total. The highest BCUT2D eigenvalue weighted by Gasteiger charge is 2.28. The van der Waals surface area contributed by atoms with Crippen molar-refractivity contribution in [3.05, 3.63) is 22.4 Å². The van der Waals surface area contributed by atoms with E-state index in [1.165, 1.54) is 30.6 Å². The van der Waals surface area contributed by atoms with Gasteiger partial charge in [0.1, 0.15) is 0 Å². The van der Waals surface area contributed by atoms with E-state index >= 15 is 0 Å². The summed E-state index contributed by atoms with van der Waals surface area (Å²) in [5.74, 6) is 0.695. The van der Waals surface area contributed by atoms with Crippen molar-refractivity contribution in [2.75, 3.05) is 0 Å². The molecule has 0 spiro atoms. The van der Waals surface area contributed by atoms with Crippen molar-refractivity contribution >= 4 is 17.2 Å². The van der Waals surface area contributed by atoms with Gasteiger partial charge in [0.2, 0.25) is 5.91 Å². The number of thiophene rings is 1. The Balaban J connectivity index is 1.99. The predicted molar refractivity (Wildman–Crippen MR) is 80.0 cm³/mol. The second kappa shape index (κ2) is 7.06. The lowest BCUT2D eigenvalue weighted by Gasteiger charge is -2.24. The van der Waals surface area contributed by atoms with Gasteiger partial charge in [0.15, 0.2) is 0 Å². The molecule has 1 saturated carbocycles. The van der Waals surface area contributed by atoms with Gasteiger partial charge in [-0.2, -0.15) is 0 Å². The topological polar surface area (TPSA) is 55.1 Å². The first-order chi connectivity index (χ1) is 9.20. The molecule has 1 aromatic rings. The molecular weight excluding hydrogens is 256 g/mol. The Kier molecular flexibility index (Phi) is 5.40. The van der Waals surface area contributed by atoms with E-state index < -0.39 is 0 Å². The third kappa shape index (κ3) is 4.05. The van der Waals surface area contributed by atoms with E-state index in [4.69, 9.17) is 5.73 Å². The number of nitrogens with two attached hydrogens (primary N) is 1. The van der Waals surface area contributed by atoms with E-state index in [2.05, 4.69) is 22.8 Å². The summed E-state index contributed by atoms with van der Waals surface area (Å²) in [6.07, 6.45) is 6.31. The molecule has 0 saturated heterocycles. The first kappa shape index (κ1) is 14.5. The van der Waals surface area contributed by atoms with Crippen LogP contribution in [0.3, 0.4) is 0 Å². The van der Waals surface area contributed by atoms with Crippen LogP contribution in [0.2, 0.25) is 0 Å². The van der Waals surface area contributed by atoms with Crippen LogP contribution in [0.1, 0.15) is 56.4 Å². The molecule has 0 bridgehead atoms. The minimum absolute atomic E-state index is 0.0208. The Morgan fingerprint density at radius 3 is 2.84 bits per heavy atom. The smallest absolute Gasteiger partial charge is 0.222 e. The molecule has 19 heavy (non-hydrogen) atoms. The molecule has 1 fully saturated rings. The molecule has 0 aliphatic heterocycles. The lowest BCUT2D eigenvalue weighted by Crippen LogP contribution is -2.36. The second-order valence-corrected chi connectivity index (χ2v) is 6.46. The van der Waals surface area contributed by atoms with Crippen molar-refractivity contribution in [3.8, 4) is 0 Å². The summed E-state index contributed by atoms with van der Waals surface area (Å²) in [5, 5.41) is 5.30. The van der Waals surface area contributed by atoms with Gasteiger partial charge in [0.05, 0.1) is 6.04 Å². The second-order valence-electron chi connectivity index (χ2n) is 5.48. The van der Waals surface area contributed by atoms with Crippen LogP contribution in [0.15, 0.2) is 17.5 Å². The van der Waals surface area contributed by atoms with Gasteiger partial charge in [-0.1, -0.05) is 25.8 Å². The van der Waals surface area contributed by atoms with Crippen LogP contribution < -0.4 is 11.1 Å². The van der Waals surface area contributed by atoms with Gasteiger partial charge >= 0.3 is 0 Å². The molecule has 2 rings (SSSR count). The maximum atomic E-state index is 12.1. The lowest BCUT2D eigenvalue weighted by molar-refractivity contribution is -0.122. The fourth-order valence-corrected chi connectivity index (χ4v) is 3.66. The van der Waals surface area contributed by atoms with E-state index in [0.717, 1.165) is 6.42 Å². The summed E-state index contributed by atoms with van der Waals surface area (Å²) >= 11 is 1.74. The van der Waals surface area contributed by atoms with Gasteiger partial charge in [-0.25, -0.2) is 0 Å². The van der Waals surface area contributed by atoms with E-state index in [9.17, 15) is 4.79 Å². The normalized spacial score (nSPS) is 19.3. The molecule has 0 radical (unpaired) electrons. The summed E-state index contributed by atoms with van der Waals surface area (Å²) in [6.45, 7) is 2.02. The molecular formula is C15H24N2OS. The number of carbonyl (C=O) groups excluding carboxylic acids is 1. The number of rotatable bonds is 6. The minimum Gasteiger partial charge on any atom is -0.348 e. The number of amides is 1. The van der Waals surface area contributed by atoms with Crippen molar-refractivity contribution in [3.63, 3.8) is 0 Å². The maximum absolute atomic E-state index is 12.1. The van der Waals surface area contributed by atoms with Crippen molar-refractivity contribution in [2.24, 2.45) is 11.7 Å². The van der Waals surface area contributed by atoms with Gasteiger partial charge in [0, 0.05) is 17.3 Å². The standard InChI is InChI=1S/C15H24N2OS/c1-2-12(16)10-14(18)17-15(11-6-3-4-7-11)13-8-5-9-19-13/h5,8-9,11-12,15H,2-4,6-7,10,16H2,1H3,(H,17,18). The van der Waals surface area contributed by atoms with Crippen molar-refractivity contribution in [1.82, 2.24) is 5.32 Å². The highest BCUT2D eigenvalue weighted by Crippen LogP contribution is 2.37. The highest BCUT2D eigenvalue weighted by molar-refractivity contribution is 7.10. The Hall–Kier alpha value is -0.870. The third-order valence-electron chi connectivity index (χ3n) is 4.01. The molecule has 1 heterocycles. The Morgan fingerprint density at radius 1 is 1.53 bits per heavy atom. The molecule has 1 amide bonds. The van der Waals surface area contributed by atoms with Crippen LogP contribution in [0.5, 0.6) is 0 Å². The van der Waals surface area contributed by atoms with E-state index in [1.54, 1.807) is 11.3 Å². The molecule has 106 valence electrons. The molecule has 2 atom stereocenters. The average molecular weight is 280 g/mol. The molecule has 4 heteroatoms. The quantitative estimate of drug-likeness (QED) is 0.840. The fourth-order valence-electron chi connectivity index (χ4n) is 2.80. The first-order valence-corrected chi connectivity index (χ1v) is 8.17. The Labute approximate surface area is 119 Å². The van der Waals surface area contributed by atoms with Gasteiger partial charge in [0.25, 0.3) is 0 Å². The number of hydrogen-bond donors (Lipinski definition) is 2. The number of carbonyl (C=O) groups is 1. The Morgan fingerprint density at radius 2 is 2.26 bits per heavy atom. The van der Waals surface area contributed by atoms with Crippen LogP contribution >= 0.6 is 11.3 Å². The number of nitrogens with one attached hydrogen (secondary N) is 1. The van der Waals surface area contributed by atoms with Crippen LogP contribution in [0.25, 0.3) is 0 Å². The molecule has 1 aliphatic rings. The van der Waals surface area contributed by atoms with Crippen molar-refractivity contribution in [2.45, 2.75) is 57.5 Å². The van der Waals surface area contributed by atoms with E-state index in [1.807, 2.05) is 6.92 Å². The Bertz CT molecular complexity index is 385. The fraction of sp³-hybridized carbons (Fsp3) is 0.667.